The van der Waals surface area contributed by atoms with Gasteiger partial charge in [-0.3, -0.25) is 0 Å². The third kappa shape index (κ3) is 3.89. The van der Waals surface area contributed by atoms with E-state index in [1.165, 1.54) is 0 Å². The molecule has 0 radical (unpaired) electrons. The third-order valence-corrected chi connectivity index (χ3v) is 6.13. The number of thioether (sulfide) groups is 1. The van der Waals surface area contributed by atoms with Crippen molar-refractivity contribution in [3.8, 4) is 0 Å². The minimum atomic E-state index is -3.65. The zero-order valence-electron chi connectivity index (χ0n) is 13.0. The van der Waals surface area contributed by atoms with Crippen LogP contribution in [-0.4, -0.2) is 31.2 Å². The highest BCUT2D eigenvalue weighted by Gasteiger charge is 2.22. The van der Waals surface area contributed by atoms with E-state index in [4.69, 9.17) is 5.73 Å². The van der Waals surface area contributed by atoms with E-state index in [2.05, 4.69) is 15.3 Å². The molecule has 0 aliphatic heterocycles. The molecule has 1 atom stereocenters. The van der Waals surface area contributed by atoms with Crippen molar-refractivity contribution in [3.05, 3.63) is 59.3 Å². The van der Waals surface area contributed by atoms with Crippen LogP contribution >= 0.6 is 11.8 Å². The number of benzene rings is 1. The van der Waals surface area contributed by atoms with Crippen LogP contribution in [0.5, 0.6) is 0 Å². The Morgan fingerprint density at radius 1 is 1.43 bits per heavy atom. The van der Waals surface area contributed by atoms with E-state index < -0.39 is 9.84 Å². The maximum atomic E-state index is 12.6. The first-order chi connectivity index (χ1) is 11.0. The molecule has 23 heavy (non-hydrogen) atoms. The lowest BCUT2D eigenvalue weighted by Crippen LogP contribution is -2.26. The number of rotatable bonds is 7. The maximum Gasteiger partial charge on any atom is 0.222 e. The van der Waals surface area contributed by atoms with E-state index in [-0.39, 0.29) is 15.2 Å². The summed E-state index contributed by atoms with van der Waals surface area (Å²) >= 11 is 1.59. The monoisotopic (exact) mass is 352 g/mol. The van der Waals surface area contributed by atoms with Crippen molar-refractivity contribution < 1.29 is 8.42 Å². The van der Waals surface area contributed by atoms with Gasteiger partial charge in [0.2, 0.25) is 9.84 Å². The van der Waals surface area contributed by atoms with Gasteiger partial charge in [0.25, 0.3) is 0 Å². The van der Waals surface area contributed by atoms with Crippen LogP contribution in [0.15, 0.2) is 52.8 Å². The predicted octanol–water partition coefficient (Wildman–Crippen LogP) is 1.94. The quantitative estimate of drug-likeness (QED) is 0.704. The summed E-state index contributed by atoms with van der Waals surface area (Å²) in [6, 6.07) is 8.22. The molecule has 0 saturated heterocycles. The predicted molar refractivity (Wildman–Crippen MR) is 93.5 cm³/mol. The molecular weight excluding hydrogens is 332 g/mol. The van der Waals surface area contributed by atoms with Gasteiger partial charge in [-0.05, 0) is 25.3 Å². The normalized spacial score (nSPS) is 13.7. The summed E-state index contributed by atoms with van der Waals surface area (Å²) in [4.78, 5) is 7.53. The van der Waals surface area contributed by atoms with Crippen LogP contribution in [0.2, 0.25) is 0 Å². The van der Waals surface area contributed by atoms with Crippen LogP contribution in [0.4, 0.5) is 0 Å². The van der Waals surface area contributed by atoms with Gasteiger partial charge in [-0.1, -0.05) is 18.2 Å². The van der Waals surface area contributed by atoms with E-state index in [0.29, 0.717) is 6.54 Å². The van der Waals surface area contributed by atoms with Gasteiger partial charge in [0.1, 0.15) is 5.03 Å². The Labute approximate surface area is 140 Å². The number of aromatic nitrogens is 2. The second kappa shape index (κ2) is 7.56. The van der Waals surface area contributed by atoms with E-state index in [1.54, 1.807) is 48.4 Å². The minimum Gasteiger partial charge on any atom is -0.402 e. The molecule has 1 aromatic carbocycles. The van der Waals surface area contributed by atoms with Crippen molar-refractivity contribution in [1.29, 1.82) is 0 Å². The van der Waals surface area contributed by atoms with Crippen LogP contribution < -0.4 is 11.1 Å². The van der Waals surface area contributed by atoms with Crippen LogP contribution in [0.25, 0.3) is 0 Å². The Morgan fingerprint density at radius 3 is 2.65 bits per heavy atom. The van der Waals surface area contributed by atoms with Gasteiger partial charge in [0, 0.05) is 18.4 Å². The van der Waals surface area contributed by atoms with Gasteiger partial charge in [-0.15, -0.1) is 0 Å². The second-order valence-corrected chi connectivity index (χ2v) is 7.82. The number of aryl methyl sites for hydroxylation is 1. The molecule has 6 nitrogen and oxygen atoms in total. The molecule has 0 amide bonds. The number of H-pyrrole nitrogens is 1. The molecule has 0 fully saturated rings. The van der Waals surface area contributed by atoms with Gasteiger partial charge in [-0.25, -0.2) is 13.4 Å². The summed E-state index contributed by atoms with van der Waals surface area (Å²) in [7, 11) is -3.65. The van der Waals surface area contributed by atoms with Crippen molar-refractivity contribution in [2.24, 2.45) is 5.73 Å². The number of sulfone groups is 1. The lowest BCUT2D eigenvalue weighted by Gasteiger charge is -2.17. The Hall–Kier alpha value is -1.93. The SMILES string of the molecule is CSC(CNC(=CN)S(=O)(=O)c1ccccc1)c1nc[nH]c1C. The molecule has 2 rings (SSSR count). The van der Waals surface area contributed by atoms with Crippen LogP contribution in [0, 0.1) is 6.92 Å². The summed E-state index contributed by atoms with van der Waals surface area (Å²) in [6.07, 6.45) is 4.68. The van der Waals surface area contributed by atoms with E-state index in [9.17, 15) is 8.42 Å². The zero-order chi connectivity index (χ0) is 16.9. The fraction of sp³-hybridized carbons (Fsp3) is 0.267. The highest BCUT2D eigenvalue weighted by Crippen LogP contribution is 2.27. The molecule has 4 N–H and O–H groups in total. The average molecular weight is 352 g/mol. The first-order valence-corrected chi connectivity index (χ1v) is 9.76. The fourth-order valence-corrected chi connectivity index (χ4v) is 4.08. The molecule has 8 heteroatoms. The first-order valence-electron chi connectivity index (χ1n) is 6.99. The average Bonchev–Trinajstić information content (AvgIpc) is 2.98. The van der Waals surface area contributed by atoms with Crippen LogP contribution in [0.3, 0.4) is 0 Å². The lowest BCUT2D eigenvalue weighted by atomic mass is 10.2. The zero-order valence-corrected chi connectivity index (χ0v) is 14.6. The Kier molecular flexibility index (Phi) is 5.73. The fourth-order valence-electron chi connectivity index (χ4n) is 2.15. The largest absolute Gasteiger partial charge is 0.402 e. The Balaban J connectivity index is 2.16. The summed E-state index contributed by atoms with van der Waals surface area (Å²) in [6.45, 7) is 2.34. The molecule has 2 aromatic rings. The van der Waals surface area contributed by atoms with Gasteiger partial charge in [-0.2, -0.15) is 11.8 Å². The Bertz CT molecular complexity index is 770. The summed E-state index contributed by atoms with van der Waals surface area (Å²) in [5.74, 6) is 0. The molecule has 0 aliphatic carbocycles. The number of nitrogens with one attached hydrogen (secondary N) is 2. The molecular formula is C15H20N4O2S2. The lowest BCUT2D eigenvalue weighted by molar-refractivity contribution is 0.596. The molecule has 124 valence electrons. The number of hydrogen-bond donors (Lipinski definition) is 3. The van der Waals surface area contributed by atoms with Gasteiger partial charge >= 0.3 is 0 Å². The van der Waals surface area contributed by atoms with E-state index in [0.717, 1.165) is 17.6 Å². The maximum absolute atomic E-state index is 12.6. The minimum absolute atomic E-state index is 0.00376. The number of imidazole rings is 1. The van der Waals surface area contributed by atoms with E-state index in [1.807, 2.05) is 13.2 Å². The molecule has 0 aliphatic rings. The number of aromatic amines is 1. The highest BCUT2D eigenvalue weighted by molar-refractivity contribution is 7.98. The van der Waals surface area contributed by atoms with Crippen molar-refractivity contribution in [2.75, 3.05) is 12.8 Å². The molecule has 1 aromatic heterocycles. The van der Waals surface area contributed by atoms with Crippen LogP contribution in [0.1, 0.15) is 16.6 Å². The number of nitrogens with two attached hydrogens (primary N) is 1. The standard InChI is InChI=1S/C15H20N4O2S2/c1-11-15(19-10-18-11)13(22-2)9-17-14(8-16)23(20,21)12-6-4-3-5-7-12/h3-8,10,13,17H,9,16H2,1-2H3,(H,18,19). The molecule has 0 spiro atoms. The first kappa shape index (κ1) is 17.4. The van der Waals surface area contributed by atoms with Gasteiger partial charge < -0.3 is 16.0 Å². The number of nitrogens with zero attached hydrogens (tertiary/aromatic N) is 1. The summed E-state index contributed by atoms with van der Waals surface area (Å²) in [5.41, 5.74) is 7.41. The second-order valence-electron chi connectivity index (χ2n) is 4.87. The van der Waals surface area contributed by atoms with Crippen LogP contribution in [-0.2, 0) is 9.84 Å². The van der Waals surface area contributed by atoms with Gasteiger partial charge in [0.05, 0.1) is 22.2 Å². The van der Waals surface area contributed by atoms with Crippen molar-refractivity contribution in [3.63, 3.8) is 0 Å². The Morgan fingerprint density at radius 2 is 2.13 bits per heavy atom. The summed E-state index contributed by atoms with van der Waals surface area (Å²) < 4.78 is 25.2. The highest BCUT2D eigenvalue weighted by atomic mass is 32.2. The number of hydrogen-bond acceptors (Lipinski definition) is 6. The smallest absolute Gasteiger partial charge is 0.222 e. The summed E-state index contributed by atoms with van der Waals surface area (Å²) in [5, 5.41) is 2.96. The molecule has 0 saturated carbocycles. The van der Waals surface area contributed by atoms with E-state index >= 15 is 0 Å². The third-order valence-electron chi connectivity index (χ3n) is 3.41. The van der Waals surface area contributed by atoms with Crippen molar-refractivity contribution in [1.82, 2.24) is 15.3 Å². The molecule has 0 bridgehead atoms. The van der Waals surface area contributed by atoms with Gasteiger partial charge in [0.15, 0.2) is 0 Å². The topological polar surface area (TPSA) is 101 Å². The van der Waals surface area contributed by atoms with Crippen molar-refractivity contribution in [2.45, 2.75) is 17.1 Å². The molecule has 1 unspecified atom stereocenters. The molecule has 1 heterocycles. The van der Waals surface area contributed by atoms with Crippen molar-refractivity contribution >= 4 is 21.6 Å².